The van der Waals surface area contributed by atoms with E-state index in [4.69, 9.17) is 0 Å². The van der Waals surface area contributed by atoms with Crippen LogP contribution in [-0.2, 0) is 0 Å². The van der Waals surface area contributed by atoms with Gasteiger partial charge in [0, 0.05) is 27.5 Å². The van der Waals surface area contributed by atoms with E-state index in [2.05, 4.69) is 19.9 Å². The van der Waals surface area contributed by atoms with Gasteiger partial charge in [-0.3, -0.25) is 4.79 Å². The van der Waals surface area contributed by atoms with Gasteiger partial charge >= 0.3 is 0 Å². The maximum absolute atomic E-state index is 12.2. The first-order valence-corrected chi connectivity index (χ1v) is 7.09. The molecule has 1 heterocycles. The van der Waals surface area contributed by atoms with Gasteiger partial charge in [-0.2, -0.15) is 0 Å². The fourth-order valence-corrected chi connectivity index (χ4v) is 3.18. The Labute approximate surface area is 106 Å². The van der Waals surface area contributed by atoms with E-state index in [1.807, 2.05) is 23.6 Å². The van der Waals surface area contributed by atoms with Gasteiger partial charge in [0.1, 0.15) is 0 Å². The number of hydrogen-bond acceptors (Lipinski definition) is 2. The summed E-state index contributed by atoms with van der Waals surface area (Å²) in [6.45, 7) is 4.33. The summed E-state index contributed by atoms with van der Waals surface area (Å²) in [6, 6.07) is 8.14. The molecule has 17 heavy (non-hydrogen) atoms. The topological polar surface area (TPSA) is 17.1 Å². The fraction of sp³-hybridized carbons (Fsp3) is 0.400. The SMILES string of the molecule is CCCC(C)CC(=O)c1csc2ccccc12. The van der Waals surface area contributed by atoms with E-state index in [0.717, 1.165) is 23.8 Å². The lowest BCUT2D eigenvalue weighted by molar-refractivity contribution is 0.0964. The Morgan fingerprint density at radius 1 is 1.35 bits per heavy atom. The molecule has 0 amide bonds. The average Bonchev–Trinajstić information content (AvgIpc) is 2.72. The molecule has 2 rings (SSSR count). The highest BCUT2D eigenvalue weighted by Gasteiger charge is 2.14. The zero-order valence-electron chi connectivity index (χ0n) is 10.4. The summed E-state index contributed by atoms with van der Waals surface area (Å²) in [5, 5.41) is 3.12. The number of hydrogen-bond donors (Lipinski definition) is 0. The predicted octanol–water partition coefficient (Wildman–Crippen LogP) is 4.91. The summed E-state index contributed by atoms with van der Waals surface area (Å²) in [5.41, 5.74) is 0.911. The van der Waals surface area contributed by atoms with Crippen LogP contribution in [0.3, 0.4) is 0 Å². The Hall–Kier alpha value is -1.15. The number of carbonyl (C=O) groups is 1. The van der Waals surface area contributed by atoms with Gasteiger partial charge in [-0.1, -0.05) is 44.9 Å². The van der Waals surface area contributed by atoms with Gasteiger partial charge in [0.15, 0.2) is 5.78 Å². The van der Waals surface area contributed by atoms with E-state index in [1.165, 1.54) is 4.70 Å². The molecular weight excluding hydrogens is 228 g/mol. The molecule has 1 atom stereocenters. The van der Waals surface area contributed by atoms with E-state index in [-0.39, 0.29) is 0 Å². The predicted molar refractivity (Wildman–Crippen MR) is 74.8 cm³/mol. The second kappa shape index (κ2) is 5.46. The van der Waals surface area contributed by atoms with Gasteiger partial charge < -0.3 is 0 Å². The van der Waals surface area contributed by atoms with Crippen LogP contribution in [0.1, 0.15) is 43.5 Å². The van der Waals surface area contributed by atoms with Crippen molar-refractivity contribution >= 4 is 27.2 Å². The Morgan fingerprint density at radius 3 is 2.88 bits per heavy atom. The summed E-state index contributed by atoms with van der Waals surface area (Å²) in [6.07, 6.45) is 2.96. The first kappa shape index (κ1) is 12.3. The van der Waals surface area contributed by atoms with Crippen LogP contribution < -0.4 is 0 Å². The standard InChI is InChI=1S/C15H18OS/c1-3-6-11(2)9-14(16)13-10-17-15-8-5-4-7-12(13)15/h4-5,7-8,10-11H,3,6,9H2,1-2H3. The molecule has 2 heteroatoms. The monoisotopic (exact) mass is 246 g/mol. The van der Waals surface area contributed by atoms with E-state index < -0.39 is 0 Å². The molecule has 1 unspecified atom stereocenters. The normalized spacial score (nSPS) is 12.8. The van der Waals surface area contributed by atoms with Crippen molar-refractivity contribution in [2.75, 3.05) is 0 Å². The molecule has 0 aliphatic carbocycles. The van der Waals surface area contributed by atoms with E-state index in [1.54, 1.807) is 11.3 Å². The van der Waals surface area contributed by atoms with Crippen LogP contribution in [0.15, 0.2) is 29.6 Å². The quantitative estimate of drug-likeness (QED) is 0.685. The summed E-state index contributed by atoms with van der Waals surface area (Å²) in [7, 11) is 0. The van der Waals surface area contributed by atoms with Crippen LogP contribution in [0.2, 0.25) is 0 Å². The molecule has 0 aliphatic heterocycles. The molecule has 1 aromatic heterocycles. The first-order valence-electron chi connectivity index (χ1n) is 6.21. The molecule has 0 radical (unpaired) electrons. The van der Waals surface area contributed by atoms with E-state index in [0.29, 0.717) is 18.1 Å². The highest BCUT2D eigenvalue weighted by molar-refractivity contribution is 7.17. The zero-order chi connectivity index (χ0) is 12.3. The zero-order valence-corrected chi connectivity index (χ0v) is 11.2. The van der Waals surface area contributed by atoms with Crippen molar-refractivity contribution in [1.82, 2.24) is 0 Å². The van der Waals surface area contributed by atoms with Crippen molar-refractivity contribution in [3.8, 4) is 0 Å². The van der Waals surface area contributed by atoms with E-state index >= 15 is 0 Å². The lowest BCUT2D eigenvalue weighted by Crippen LogP contribution is -2.05. The van der Waals surface area contributed by atoms with Crippen LogP contribution in [0.5, 0.6) is 0 Å². The molecule has 1 nitrogen and oxygen atoms in total. The number of thiophene rings is 1. The Morgan fingerprint density at radius 2 is 2.12 bits per heavy atom. The summed E-state index contributed by atoms with van der Waals surface area (Å²) in [4.78, 5) is 12.2. The van der Waals surface area contributed by atoms with Crippen molar-refractivity contribution < 1.29 is 4.79 Å². The van der Waals surface area contributed by atoms with Gasteiger partial charge in [-0.15, -0.1) is 11.3 Å². The van der Waals surface area contributed by atoms with Gasteiger partial charge in [0.25, 0.3) is 0 Å². The average molecular weight is 246 g/mol. The van der Waals surface area contributed by atoms with Crippen LogP contribution in [0.25, 0.3) is 10.1 Å². The molecule has 0 saturated carbocycles. The smallest absolute Gasteiger partial charge is 0.164 e. The molecule has 0 saturated heterocycles. The third-order valence-corrected chi connectivity index (χ3v) is 4.06. The minimum absolute atomic E-state index is 0.295. The maximum atomic E-state index is 12.2. The van der Waals surface area contributed by atoms with Crippen molar-refractivity contribution in [3.05, 3.63) is 35.2 Å². The van der Waals surface area contributed by atoms with Crippen molar-refractivity contribution in [3.63, 3.8) is 0 Å². The molecule has 0 N–H and O–H groups in total. The van der Waals surface area contributed by atoms with Gasteiger partial charge in [-0.05, 0) is 12.0 Å². The third kappa shape index (κ3) is 2.75. The number of benzene rings is 1. The van der Waals surface area contributed by atoms with Crippen molar-refractivity contribution in [2.45, 2.75) is 33.1 Å². The van der Waals surface area contributed by atoms with Crippen LogP contribution in [0, 0.1) is 5.92 Å². The minimum Gasteiger partial charge on any atom is -0.294 e. The van der Waals surface area contributed by atoms with E-state index in [9.17, 15) is 4.79 Å². The number of ketones is 1. The van der Waals surface area contributed by atoms with Gasteiger partial charge in [0.2, 0.25) is 0 Å². The number of carbonyl (C=O) groups excluding carboxylic acids is 1. The van der Waals surface area contributed by atoms with Crippen LogP contribution >= 0.6 is 11.3 Å². The lowest BCUT2D eigenvalue weighted by Gasteiger charge is -2.08. The molecule has 0 bridgehead atoms. The molecule has 90 valence electrons. The minimum atomic E-state index is 0.295. The number of fused-ring (bicyclic) bond motifs is 1. The van der Waals surface area contributed by atoms with Gasteiger partial charge in [-0.25, -0.2) is 0 Å². The molecular formula is C15H18OS. The molecule has 2 aromatic rings. The van der Waals surface area contributed by atoms with Crippen molar-refractivity contribution in [2.24, 2.45) is 5.92 Å². The first-order chi connectivity index (χ1) is 8.22. The maximum Gasteiger partial charge on any atom is 0.164 e. The van der Waals surface area contributed by atoms with Gasteiger partial charge in [0.05, 0.1) is 0 Å². The van der Waals surface area contributed by atoms with Crippen molar-refractivity contribution in [1.29, 1.82) is 0 Å². The highest BCUT2D eigenvalue weighted by atomic mass is 32.1. The largest absolute Gasteiger partial charge is 0.294 e. The van der Waals surface area contributed by atoms with Crippen LogP contribution in [0.4, 0.5) is 0 Å². The number of rotatable bonds is 5. The Kier molecular flexibility index (Phi) is 3.95. The highest BCUT2D eigenvalue weighted by Crippen LogP contribution is 2.27. The Bertz CT molecular complexity index is 512. The number of Topliss-reactive ketones (excluding diaryl/α,β-unsaturated/α-hetero) is 1. The molecule has 1 aromatic carbocycles. The second-order valence-corrected chi connectivity index (χ2v) is 5.58. The summed E-state index contributed by atoms with van der Waals surface area (Å²) >= 11 is 1.66. The summed E-state index contributed by atoms with van der Waals surface area (Å²) < 4.78 is 1.21. The lowest BCUT2D eigenvalue weighted by atomic mass is 9.96. The molecule has 0 aliphatic rings. The molecule has 0 fully saturated rings. The summed E-state index contributed by atoms with van der Waals surface area (Å²) in [5.74, 6) is 0.787. The fourth-order valence-electron chi connectivity index (χ4n) is 2.22. The Balaban J connectivity index is 2.19. The van der Waals surface area contributed by atoms with Crippen LogP contribution in [-0.4, -0.2) is 5.78 Å². The second-order valence-electron chi connectivity index (χ2n) is 4.67. The third-order valence-electron chi connectivity index (χ3n) is 3.10. The molecule has 0 spiro atoms.